The summed E-state index contributed by atoms with van der Waals surface area (Å²) in [5.74, 6) is -0.301. The number of tetrazole rings is 2. The van der Waals surface area contributed by atoms with Crippen molar-refractivity contribution in [2.45, 2.75) is 0 Å². The molecule has 12 heteroatoms. The molecule has 78 valence electrons. The Labute approximate surface area is 74.9 Å². The average Bonchev–Trinajstić information content (AvgIpc) is 2.59. The Bertz CT molecular complexity index is 355. The standard InChI is InChI=1S/C2H2N8O2.2H2O/c11-9-1(3-5-7-9)2-4-6-8-10(2)12;;/h11-12H;2*1H2. The van der Waals surface area contributed by atoms with E-state index in [1.165, 1.54) is 0 Å². The van der Waals surface area contributed by atoms with Crippen LogP contribution in [0.15, 0.2) is 0 Å². The zero-order valence-electron chi connectivity index (χ0n) is 6.47. The predicted octanol–water partition coefficient (Wildman–Crippen LogP) is -3.85. The summed E-state index contributed by atoms with van der Waals surface area (Å²) >= 11 is 0. The van der Waals surface area contributed by atoms with Crippen LogP contribution in [0.1, 0.15) is 0 Å². The molecule has 0 aliphatic carbocycles. The second-order valence-electron chi connectivity index (χ2n) is 1.78. The summed E-state index contributed by atoms with van der Waals surface area (Å²) in [7, 11) is 0. The summed E-state index contributed by atoms with van der Waals surface area (Å²) in [6.07, 6.45) is 0. The molecule has 12 nitrogen and oxygen atoms in total. The van der Waals surface area contributed by atoms with Gasteiger partial charge in [-0.25, -0.2) is 0 Å². The van der Waals surface area contributed by atoms with Gasteiger partial charge in [-0.1, -0.05) is 9.69 Å². The van der Waals surface area contributed by atoms with E-state index in [2.05, 4.69) is 31.1 Å². The van der Waals surface area contributed by atoms with Gasteiger partial charge in [0.15, 0.2) is 0 Å². The SMILES string of the molecule is O.O.On1nnnc1-c1nnnn1O. The van der Waals surface area contributed by atoms with Gasteiger partial charge in [0.25, 0.3) is 11.6 Å². The lowest BCUT2D eigenvalue weighted by Gasteiger charge is -1.91. The van der Waals surface area contributed by atoms with Crippen molar-refractivity contribution < 1.29 is 21.4 Å². The third-order valence-corrected chi connectivity index (χ3v) is 1.11. The molecule has 0 aliphatic heterocycles. The molecule has 0 radical (unpaired) electrons. The van der Waals surface area contributed by atoms with E-state index in [-0.39, 0.29) is 22.6 Å². The minimum atomic E-state index is -0.150. The minimum absolute atomic E-state index is 0. The van der Waals surface area contributed by atoms with Gasteiger partial charge in [0, 0.05) is 0 Å². The fourth-order valence-corrected chi connectivity index (χ4v) is 0.634. The second kappa shape index (κ2) is 4.06. The molecule has 0 atom stereocenters. The van der Waals surface area contributed by atoms with Crippen LogP contribution in [0.25, 0.3) is 11.6 Å². The van der Waals surface area contributed by atoms with Crippen LogP contribution < -0.4 is 0 Å². The van der Waals surface area contributed by atoms with E-state index in [1.54, 1.807) is 0 Å². The summed E-state index contributed by atoms with van der Waals surface area (Å²) in [6, 6.07) is 0. The maximum Gasteiger partial charge on any atom is 0.264 e. The first-order chi connectivity index (χ1) is 5.79. The van der Waals surface area contributed by atoms with E-state index in [0.717, 1.165) is 0 Å². The quantitative estimate of drug-likeness (QED) is 0.442. The van der Waals surface area contributed by atoms with Crippen LogP contribution in [0.5, 0.6) is 0 Å². The predicted molar refractivity (Wildman–Crippen MR) is 36.2 cm³/mol. The van der Waals surface area contributed by atoms with Crippen molar-refractivity contribution in [1.29, 1.82) is 0 Å². The van der Waals surface area contributed by atoms with Crippen molar-refractivity contribution >= 4 is 0 Å². The number of hydrogen-bond donors (Lipinski definition) is 2. The normalized spacial score (nSPS) is 8.86. The molecule has 0 aliphatic rings. The molecule has 0 saturated heterocycles. The zero-order valence-corrected chi connectivity index (χ0v) is 6.47. The largest absolute Gasteiger partial charge is 0.412 e. The number of aromatic nitrogens is 8. The van der Waals surface area contributed by atoms with Crippen LogP contribution in [0.2, 0.25) is 0 Å². The third kappa shape index (κ3) is 1.54. The summed E-state index contributed by atoms with van der Waals surface area (Å²) in [4.78, 5) is 0.691. The highest BCUT2D eigenvalue weighted by molar-refractivity contribution is 5.39. The van der Waals surface area contributed by atoms with Gasteiger partial charge in [-0.15, -0.1) is 10.2 Å². The maximum atomic E-state index is 8.91. The lowest BCUT2D eigenvalue weighted by Crippen LogP contribution is -2.03. The monoisotopic (exact) mass is 206 g/mol. The molecule has 6 N–H and O–H groups in total. The summed E-state index contributed by atoms with van der Waals surface area (Å²) in [6.45, 7) is 0. The summed E-state index contributed by atoms with van der Waals surface area (Å²) < 4.78 is 0. The fourth-order valence-electron chi connectivity index (χ4n) is 0.634. The first kappa shape index (κ1) is 11.7. The minimum Gasteiger partial charge on any atom is -0.412 e. The second-order valence-corrected chi connectivity index (χ2v) is 1.78. The van der Waals surface area contributed by atoms with Crippen molar-refractivity contribution in [2.75, 3.05) is 0 Å². The van der Waals surface area contributed by atoms with Gasteiger partial charge in [-0.3, -0.25) is 0 Å². The van der Waals surface area contributed by atoms with E-state index >= 15 is 0 Å². The van der Waals surface area contributed by atoms with E-state index in [9.17, 15) is 0 Å². The lowest BCUT2D eigenvalue weighted by atomic mass is 10.6. The molecule has 2 heterocycles. The van der Waals surface area contributed by atoms with Crippen LogP contribution in [-0.4, -0.2) is 62.1 Å². The van der Waals surface area contributed by atoms with E-state index in [0.29, 0.717) is 9.69 Å². The molecule has 14 heavy (non-hydrogen) atoms. The van der Waals surface area contributed by atoms with Crippen molar-refractivity contribution in [3.63, 3.8) is 0 Å². The van der Waals surface area contributed by atoms with Crippen molar-refractivity contribution in [2.24, 2.45) is 0 Å². The Morgan fingerprint density at radius 3 is 1.36 bits per heavy atom. The zero-order chi connectivity index (χ0) is 8.55. The molecular weight excluding hydrogens is 200 g/mol. The van der Waals surface area contributed by atoms with E-state index in [4.69, 9.17) is 10.4 Å². The Balaban J connectivity index is 0.000000845. The van der Waals surface area contributed by atoms with Crippen LogP contribution in [0.3, 0.4) is 0 Å². The first-order valence-electron chi connectivity index (χ1n) is 2.74. The third-order valence-electron chi connectivity index (χ3n) is 1.11. The highest BCUT2D eigenvalue weighted by Crippen LogP contribution is 2.06. The summed E-state index contributed by atoms with van der Waals surface area (Å²) in [5.41, 5.74) is 0. The fraction of sp³-hybridized carbons (Fsp3) is 0. The van der Waals surface area contributed by atoms with Gasteiger partial charge >= 0.3 is 0 Å². The van der Waals surface area contributed by atoms with Gasteiger partial charge in [0.1, 0.15) is 0 Å². The molecule has 0 aromatic carbocycles. The number of hydrogen-bond acceptors (Lipinski definition) is 8. The highest BCUT2D eigenvalue weighted by Gasteiger charge is 2.15. The Hall–Kier alpha value is -2.34. The number of nitrogens with zero attached hydrogens (tertiary/aromatic N) is 8. The molecule has 2 rings (SSSR count). The van der Waals surface area contributed by atoms with Crippen LogP contribution in [0.4, 0.5) is 0 Å². The van der Waals surface area contributed by atoms with Gasteiger partial charge < -0.3 is 21.4 Å². The van der Waals surface area contributed by atoms with Gasteiger partial charge in [0.05, 0.1) is 0 Å². The maximum absolute atomic E-state index is 8.91. The molecule has 0 bridgehead atoms. The molecule has 2 aromatic rings. The van der Waals surface area contributed by atoms with Crippen molar-refractivity contribution in [1.82, 2.24) is 40.7 Å². The molecule has 0 unspecified atom stereocenters. The van der Waals surface area contributed by atoms with Crippen LogP contribution in [0, 0.1) is 0 Å². The number of rotatable bonds is 1. The lowest BCUT2D eigenvalue weighted by molar-refractivity contribution is 0.131. The smallest absolute Gasteiger partial charge is 0.264 e. The topological polar surface area (TPSA) is 191 Å². The Kier molecular flexibility index (Phi) is 3.38. The average molecular weight is 206 g/mol. The highest BCUT2D eigenvalue weighted by atomic mass is 16.5. The van der Waals surface area contributed by atoms with Gasteiger partial charge in [-0.05, 0) is 20.9 Å². The van der Waals surface area contributed by atoms with Crippen LogP contribution in [-0.2, 0) is 0 Å². The van der Waals surface area contributed by atoms with Gasteiger partial charge in [0.2, 0.25) is 0 Å². The van der Waals surface area contributed by atoms with Gasteiger partial charge in [-0.2, -0.15) is 0 Å². The first-order valence-corrected chi connectivity index (χ1v) is 2.74. The van der Waals surface area contributed by atoms with Crippen molar-refractivity contribution in [3.8, 4) is 11.6 Å². The van der Waals surface area contributed by atoms with E-state index < -0.39 is 0 Å². The molecule has 0 fully saturated rings. The Morgan fingerprint density at radius 2 is 1.14 bits per heavy atom. The summed E-state index contributed by atoms with van der Waals surface area (Å²) in [5, 5.41) is 36.9. The molecule has 2 aromatic heterocycles. The van der Waals surface area contributed by atoms with E-state index in [1.807, 2.05) is 0 Å². The molecular formula is C2H6N8O4. The van der Waals surface area contributed by atoms with Crippen molar-refractivity contribution in [3.05, 3.63) is 0 Å². The molecule has 0 amide bonds. The van der Waals surface area contributed by atoms with Crippen LogP contribution >= 0.6 is 0 Å². The molecule has 0 saturated carbocycles. The molecule has 0 spiro atoms. The Morgan fingerprint density at radius 1 is 0.786 bits per heavy atom.